The fraction of sp³-hybridized carbons (Fsp3) is 0.483. The third-order valence-corrected chi connectivity index (χ3v) is 8.61. The van der Waals surface area contributed by atoms with Gasteiger partial charge in [0.05, 0.1) is 5.41 Å². The van der Waals surface area contributed by atoms with E-state index in [0.29, 0.717) is 36.9 Å². The molecule has 1 aliphatic carbocycles. The van der Waals surface area contributed by atoms with Gasteiger partial charge in [-0.2, -0.15) is 4.98 Å². The molecule has 1 aliphatic heterocycles. The van der Waals surface area contributed by atoms with Crippen LogP contribution >= 0.6 is 11.6 Å². The maximum atomic E-state index is 11.7. The molecule has 0 amide bonds. The van der Waals surface area contributed by atoms with Gasteiger partial charge in [-0.15, -0.1) is 0 Å². The van der Waals surface area contributed by atoms with Crippen LogP contribution in [0.5, 0.6) is 0 Å². The lowest BCUT2D eigenvalue weighted by atomic mass is 9.76. The van der Waals surface area contributed by atoms with E-state index in [-0.39, 0.29) is 0 Å². The van der Waals surface area contributed by atoms with Crippen molar-refractivity contribution in [2.45, 2.75) is 70.8 Å². The largest absolute Gasteiger partial charge is 0.481 e. The standard InChI is InChI=1S/C29H34ClN3O3/c1-2-29(28(34)35)14-16-33(17-15-29)19-20-8-10-22(11-9-20)26-31-27(36-32-26)23-12-13-24(25(30)18-23)21-6-4-3-5-7-21/h8-13,18,21H,2-7,14-17,19H2,1H3,(H,34,35). The smallest absolute Gasteiger partial charge is 0.309 e. The summed E-state index contributed by atoms with van der Waals surface area (Å²) in [5.41, 5.74) is 3.59. The summed E-state index contributed by atoms with van der Waals surface area (Å²) < 4.78 is 5.57. The average molecular weight is 508 g/mol. The minimum atomic E-state index is -0.657. The molecule has 2 aliphatic rings. The van der Waals surface area contributed by atoms with Gasteiger partial charge < -0.3 is 9.63 Å². The number of likely N-dealkylation sites (tertiary alicyclic amines) is 1. The number of benzene rings is 2. The van der Waals surface area contributed by atoms with Crippen LogP contribution in [-0.2, 0) is 11.3 Å². The van der Waals surface area contributed by atoms with Crippen molar-refractivity contribution in [2.75, 3.05) is 13.1 Å². The number of rotatable bonds is 7. The molecule has 6 nitrogen and oxygen atoms in total. The molecule has 0 atom stereocenters. The van der Waals surface area contributed by atoms with E-state index in [0.717, 1.165) is 35.8 Å². The molecule has 2 heterocycles. The second-order valence-electron chi connectivity index (χ2n) is 10.4. The van der Waals surface area contributed by atoms with Crippen LogP contribution in [0.4, 0.5) is 0 Å². The zero-order chi connectivity index (χ0) is 25.1. The molecule has 0 radical (unpaired) electrons. The Labute approximate surface area is 217 Å². The summed E-state index contributed by atoms with van der Waals surface area (Å²) in [7, 11) is 0. The SMILES string of the molecule is CCC1(C(=O)O)CCN(Cc2ccc(-c3noc(-c4ccc(C5CCCCC5)c(Cl)c4)n3)cc2)CC1. The molecule has 1 saturated carbocycles. The summed E-state index contributed by atoms with van der Waals surface area (Å²) in [6, 6.07) is 14.3. The van der Waals surface area contributed by atoms with E-state index in [9.17, 15) is 9.90 Å². The lowest BCUT2D eigenvalue weighted by Gasteiger charge is -2.38. The fourth-order valence-corrected chi connectivity index (χ4v) is 6.07. The Morgan fingerprint density at radius 3 is 2.42 bits per heavy atom. The van der Waals surface area contributed by atoms with Gasteiger partial charge in [0.2, 0.25) is 5.82 Å². The van der Waals surface area contributed by atoms with Crippen molar-refractivity contribution in [1.29, 1.82) is 0 Å². The highest BCUT2D eigenvalue weighted by molar-refractivity contribution is 6.31. The van der Waals surface area contributed by atoms with Crippen LogP contribution in [0.3, 0.4) is 0 Å². The van der Waals surface area contributed by atoms with E-state index in [2.05, 4.69) is 33.2 Å². The molecular formula is C29H34ClN3O3. The number of carboxylic acids is 1. The molecule has 2 fully saturated rings. The van der Waals surface area contributed by atoms with E-state index in [1.807, 2.05) is 31.2 Å². The van der Waals surface area contributed by atoms with Gasteiger partial charge in [-0.3, -0.25) is 9.69 Å². The van der Waals surface area contributed by atoms with Gasteiger partial charge in [-0.05, 0) is 74.4 Å². The van der Waals surface area contributed by atoms with Gasteiger partial charge in [0, 0.05) is 22.7 Å². The second kappa shape index (κ2) is 10.7. The first-order chi connectivity index (χ1) is 17.5. The zero-order valence-corrected chi connectivity index (χ0v) is 21.6. The lowest BCUT2D eigenvalue weighted by Crippen LogP contribution is -2.43. The van der Waals surface area contributed by atoms with Crippen LogP contribution in [0, 0.1) is 5.41 Å². The maximum absolute atomic E-state index is 11.7. The number of aliphatic carboxylic acids is 1. The van der Waals surface area contributed by atoms with Crippen LogP contribution in [0.15, 0.2) is 47.0 Å². The number of halogens is 1. The zero-order valence-electron chi connectivity index (χ0n) is 20.9. The number of hydrogen-bond acceptors (Lipinski definition) is 5. The molecule has 1 aromatic heterocycles. The van der Waals surface area contributed by atoms with Crippen LogP contribution < -0.4 is 0 Å². The quantitative estimate of drug-likeness (QED) is 0.364. The molecule has 5 rings (SSSR count). The molecule has 0 spiro atoms. The topological polar surface area (TPSA) is 79.5 Å². The highest BCUT2D eigenvalue weighted by atomic mass is 35.5. The first kappa shape index (κ1) is 25.0. The first-order valence-corrected chi connectivity index (χ1v) is 13.5. The van der Waals surface area contributed by atoms with Gasteiger partial charge in [-0.25, -0.2) is 0 Å². The van der Waals surface area contributed by atoms with Crippen molar-refractivity contribution in [3.8, 4) is 22.8 Å². The number of nitrogens with zero attached hydrogens (tertiary/aromatic N) is 3. The van der Waals surface area contributed by atoms with Gasteiger partial charge in [-0.1, -0.05) is 73.3 Å². The molecule has 2 aromatic carbocycles. The predicted molar refractivity (Wildman–Crippen MR) is 141 cm³/mol. The summed E-state index contributed by atoms with van der Waals surface area (Å²) in [6.45, 7) is 4.40. The Morgan fingerprint density at radius 1 is 1.08 bits per heavy atom. The van der Waals surface area contributed by atoms with Gasteiger partial charge in [0.1, 0.15) is 0 Å². The Kier molecular flexibility index (Phi) is 7.44. The molecular weight excluding hydrogens is 474 g/mol. The van der Waals surface area contributed by atoms with Crippen molar-refractivity contribution in [1.82, 2.24) is 15.0 Å². The predicted octanol–water partition coefficient (Wildman–Crippen LogP) is 7.18. The summed E-state index contributed by atoms with van der Waals surface area (Å²) >= 11 is 6.65. The molecule has 190 valence electrons. The van der Waals surface area contributed by atoms with Gasteiger partial charge >= 0.3 is 5.97 Å². The minimum Gasteiger partial charge on any atom is -0.481 e. The highest BCUT2D eigenvalue weighted by Gasteiger charge is 2.39. The van der Waals surface area contributed by atoms with E-state index in [1.54, 1.807) is 0 Å². The second-order valence-corrected chi connectivity index (χ2v) is 10.8. The number of hydrogen-bond donors (Lipinski definition) is 1. The molecule has 1 N–H and O–H groups in total. The average Bonchev–Trinajstić information content (AvgIpc) is 3.40. The highest BCUT2D eigenvalue weighted by Crippen LogP contribution is 2.38. The number of aromatic nitrogens is 2. The van der Waals surface area contributed by atoms with E-state index >= 15 is 0 Å². The van der Waals surface area contributed by atoms with Crippen LogP contribution in [-0.4, -0.2) is 39.2 Å². The van der Waals surface area contributed by atoms with E-state index in [4.69, 9.17) is 16.1 Å². The Bertz CT molecular complexity index is 1190. The molecule has 0 unspecified atom stereocenters. The summed E-state index contributed by atoms with van der Waals surface area (Å²) in [4.78, 5) is 18.6. The third-order valence-electron chi connectivity index (χ3n) is 8.28. The summed E-state index contributed by atoms with van der Waals surface area (Å²) in [5, 5.41) is 14.6. The first-order valence-electron chi connectivity index (χ1n) is 13.2. The Balaban J connectivity index is 1.22. The molecule has 1 saturated heterocycles. The lowest BCUT2D eigenvalue weighted by molar-refractivity contribution is -0.152. The Hall–Kier alpha value is -2.70. The molecule has 3 aromatic rings. The van der Waals surface area contributed by atoms with Gasteiger partial charge in [0.15, 0.2) is 0 Å². The molecule has 0 bridgehead atoms. The monoisotopic (exact) mass is 507 g/mol. The number of piperidine rings is 1. The minimum absolute atomic E-state index is 0.470. The normalized spacial score (nSPS) is 18.8. The van der Waals surface area contributed by atoms with Crippen molar-refractivity contribution >= 4 is 17.6 Å². The summed E-state index contributed by atoms with van der Waals surface area (Å²) in [5.74, 6) is 0.915. The summed E-state index contributed by atoms with van der Waals surface area (Å²) in [6.07, 6.45) is 8.38. The maximum Gasteiger partial charge on any atom is 0.309 e. The fourth-order valence-electron chi connectivity index (χ4n) is 5.74. The molecule has 36 heavy (non-hydrogen) atoms. The van der Waals surface area contributed by atoms with Crippen LogP contribution in [0.25, 0.3) is 22.8 Å². The molecule has 7 heteroatoms. The van der Waals surface area contributed by atoms with E-state index in [1.165, 1.54) is 43.2 Å². The van der Waals surface area contributed by atoms with Crippen molar-refractivity contribution < 1.29 is 14.4 Å². The number of carbonyl (C=O) groups is 1. The van der Waals surface area contributed by atoms with Gasteiger partial charge in [0.25, 0.3) is 5.89 Å². The van der Waals surface area contributed by atoms with E-state index < -0.39 is 11.4 Å². The van der Waals surface area contributed by atoms with Crippen molar-refractivity contribution in [3.05, 3.63) is 58.6 Å². The third kappa shape index (κ3) is 5.21. The van der Waals surface area contributed by atoms with Crippen molar-refractivity contribution in [2.24, 2.45) is 5.41 Å². The van der Waals surface area contributed by atoms with Crippen LogP contribution in [0.1, 0.15) is 75.3 Å². The number of carboxylic acid groups (broad SMARTS) is 1. The Morgan fingerprint density at radius 2 is 1.78 bits per heavy atom. The van der Waals surface area contributed by atoms with Crippen LogP contribution in [0.2, 0.25) is 5.02 Å². The van der Waals surface area contributed by atoms with Crippen molar-refractivity contribution in [3.63, 3.8) is 0 Å².